The van der Waals surface area contributed by atoms with E-state index < -0.39 is 23.2 Å². The summed E-state index contributed by atoms with van der Waals surface area (Å²) in [7, 11) is 0. The first-order chi connectivity index (χ1) is 9.47. The average Bonchev–Trinajstić information content (AvgIpc) is 2.88. The summed E-state index contributed by atoms with van der Waals surface area (Å²) in [4.78, 5) is 38.2. The lowest BCUT2D eigenvalue weighted by Crippen LogP contribution is -2.28. The molecular weight excluding hydrogens is 285 g/mol. The van der Waals surface area contributed by atoms with Crippen molar-refractivity contribution in [2.24, 2.45) is 0 Å². The number of thiophene rings is 1. The highest BCUT2D eigenvalue weighted by molar-refractivity contribution is 7.12. The molecule has 0 radical (unpaired) electrons. The summed E-state index contributed by atoms with van der Waals surface area (Å²) >= 11 is 1.24. The van der Waals surface area contributed by atoms with Crippen molar-refractivity contribution in [2.45, 2.75) is 13.5 Å². The Morgan fingerprint density at radius 2 is 2.25 bits per heavy atom. The van der Waals surface area contributed by atoms with Gasteiger partial charge in [-0.1, -0.05) is 6.07 Å². The zero-order valence-electron chi connectivity index (χ0n) is 10.4. The fourth-order valence-electron chi connectivity index (χ4n) is 1.50. The Hall–Kier alpha value is -2.35. The van der Waals surface area contributed by atoms with Crippen LogP contribution in [-0.2, 0) is 11.3 Å². The molecule has 6 nitrogen and oxygen atoms in total. The molecule has 0 bridgehead atoms. The van der Waals surface area contributed by atoms with Crippen LogP contribution in [0, 0.1) is 5.82 Å². The summed E-state index contributed by atoms with van der Waals surface area (Å²) in [6, 6.07) is 3.33. The first-order valence-corrected chi connectivity index (χ1v) is 6.46. The largest absolute Gasteiger partial charge is 0.350 e. The molecular formula is C12H10FN3O3S. The van der Waals surface area contributed by atoms with Crippen LogP contribution in [0.25, 0.3) is 0 Å². The number of carbonyl (C=O) groups is 2. The van der Waals surface area contributed by atoms with E-state index in [1.54, 1.807) is 17.5 Å². The van der Waals surface area contributed by atoms with E-state index in [1.165, 1.54) is 18.3 Å². The van der Waals surface area contributed by atoms with E-state index in [9.17, 15) is 18.8 Å². The van der Waals surface area contributed by atoms with E-state index in [0.717, 1.165) is 10.8 Å². The number of carbonyl (C=O) groups excluding carboxylic acids is 2. The van der Waals surface area contributed by atoms with Crippen LogP contribution in [0.2, 0.25) is 0 Å². The molecule has 8 heteroatoms. The minimum atomic E-state index is -0.876. The fraction of sp³-hybridized carbons (Fsp3) is 0.167. The molecule has 1 amide bonds. The number of aromatic nitrogens is 2. The topological polar surface area (TPSA) is 81.1 Å². The Kier molecular flexibility index (Phi) is 4.04. The standard InChI is InChI=1S/C12H10FN3O3S/c1-7(17)14-11-8(13)5-16(12(19)15-11)6-9(18)10-3-2-4-20-10/h2-5H,6H2,1H3,(H,14,15,17,19). The lowest BCUT2D eigenvalue weighted by atomic mass is 10.3. The van der Waals surface area contributed by atoms with E-state index in [1.807, 2.05) is 0 Å². The van der Waals surface area contributed by atoms with Gasteiger partial charge in [-0.25, -0.2) is 9.18 Å². The number of amides is 1. The number of anilines is 1. The molecule has 0 unspecified atom stereocenters. The molecule has 0 atom stereocenters. The van der Waals surface area contributed by atoms with Gasteiger partial charge in [0.05, 0.1) is 11.4 Å². The Bertz CT molecular complexity index is 709. The highest BCUT2D eigenvalue weighted by Gasteiger charge is 2.13. The second kappa shape index (κ2) is 5.74. The third-order valence-corrected chi connectivity index (χ3v) is 3.26. The molecule has 2 aromatic heterocycles. The maximum Gasteiger partial charge on any atom is 0.350 e. The highest BCUT2D eigenvalue weighted by Crippen LogP contribution is 2.11. The van der Waals surface area contributed by atoms with E-state index in [4.69, 9.17) is 0 Å². The lowest BCUT2D eigenvalue weighted by Gasteiger charge is -2.06. The van der Waals surface area contributed by atoms with Crippen molar-refractivity contribution < 1.29 is 14.0 Å². The number of ketones is 1. The van der Waals surface area contributed by atoms with E-state index >= 15 is 0 Å². The van der Waals surface area contributed by atoms with Gasteiger partial charge in [0.25, 0.3) is 0 Å². The Morgan fingerprint density at radius 1 is 1.50 bits per heavy atom. The molecule has 0 saturated heterocycles. The van der Waals surface area contributed by atoms with Gasteiger partial charge in [0.1, 0.15) is 0 Å². The van der Waals surface area contributed by atoms with E-state index in [0.29, 0.717) is 4.88 Å². The summed E-state index contributed by atoms with van der Waals surface area (Å²) < 4.78 is 14.5. The maximum absolute atomic E-state index is 13.6. The molecule has 104 valence electrons. The number of Topliss-reactive ketones (excluding diaryl/α,β-unsaturated/α-hetero) is 1. The Morgan fingerprint density at radius 3 is 2.85 bits per heavy atom. The van der Waals surface area contributed by atoms with Crippen LogP contribution < -0.4 is 11.0 Å². The predicted molar refractivity (Wildman–Crippen MR) is 71.4 cm³/mol. The minimum Gasteiger partial charge on any atom is -0.308 e. The number of hydrogen-bond donors (Lipinski definition) is 1. The van der Waals surface area contributed by atoms with Crippen molar-refractivity contribution in [3.05, 3.63) is 44.9 Å². The number of rotatable bonds is 4. The average molecular weight is 295 g/mol. The van der Waals surface area contributed by atoms with Crippen LogP contribution >= 0.6 is 11.3 Å². The zero-order valence-corrected chi connectivity index (χ0v) is 11.2. The molecule has 0 saturated carbocycles. The SMILES string of the molecule is CC(=O)Nc1nc(=O)n(CC(=O)c2cccs2)cc1F. The first kappa shape index (κ1) is 14.1. The number of halogens is 1. The van der Waals surface area contributed by atoms with Crippen LogP contribution in [0.1, 0.15) is 16.6 Å². The van der Waals surface area contributed by atoms with Gasteiger partial charge < -0.3 is 5.32 Å². The summed E-state index contributed by atoms with van der Waals surface area (Å²) in [5.74, 6) is -2.17. The van der Waals surface area contributed by atoms with Gasteiger partial charge in [0.15, 0.2) is 17.4 Å². The third-order valence-electron chi connectivity index (χ3n) is 2.35. The molecule has 0 aromatic carbocycles. The van der Waals surface area contributed by atoms with Gasteiger partial charge in [-0.05, 0) is 11.4 Å². The number of nitrogens with one attached hydrogen (secondary N) is 1. The maximum atomic E-state index is 13.6. The molecule has 0 aliphatic carbocycles. The summed E-state index contributed by atoms with van der Waals surface area (Å²) in [5, 5.41) is 3.83. The fourth-order valence-corrected chi connectivity index (χ4v) is 2.16. The second-order valence-electron chi connectivity index (χ2n) is 3.93. The Balaban J connectivity index is 2.25. The van der Waals surface area contributed by atoms with Crippen molar-refractivity contribution in [1.29, 1.82) is 0 Å². The quantitative estimate of drug-likeness (QED) is 0.862. The number of hydrogen-bond acceptors (Lipinski definition) is 5. The van der Waals surface area contributed by atoms with E-state index in [2.05, 4.69) is 10.3 Å². The zero-order chi connectivity index (χ0) is 14.7. The van der Waals surface area contributed by atoms with Crippen LogP contribution in [0.5, 0.6) is 0 Å². The molecule has 0 spiro atoms. The lowest BCUT2D eigenvalue weighted by molar-refractivity contribution is -0.114. The van der Waals surface area contributed by atoms with Gasteiger partial charge in [-0.3, -0.25) is 14.2 Å². The van der Waals surface area contributed by atoms with Gasteiger partial charge in [0.2, 0.25) is 5.91 Å². The third kappa shape index (κ3) is 3.15. The van der Waals surface area contributed by atoms with Crippen molar-refractivity contribution in [3.63, 3.8) is 0 Å². The van der Waals surface area contributed by atoms with E-state index in [-0.39, 0.29) is 12.3 Å². The molecule has 1 N–H and O–H groups in total. The minimum absolute atomic E-state index is 0.302. The predicted octanol–water partition coefficient (Wildman–Crippen LogP) is 1.29. The molecule has 0 aliphatic heterocycles. The van der Waals surface area contributed by atoms with Crippen molar-refractivity contribution >= 4 is 28.8 Å². The molecule has 0 aliphatic rings. The summed E-state index contributed by atoms with van der Waals surface area (Å²) in [6.07, 6.45) is 0.853. The van der Waals surface area contributed by atoms with Gasteiger partial charge in [-0.15, -0.1) is 11.3 Å². The van der Waals surface area contributed by atoms with Crippen molar-refractivity contribution in [1.82, 2.24) is 9.55 Å². The summed E-state index contributed by atoms with van der Waals surface area (Å²) in [5.41, 5.74) is -0.806. The van der Waals surface area contributed by atoms with Crippen LogP contribution in [0.4, 0.5) is 10.2 Å². The normalized spacial score (nSPS) is 10.3. The highest BCUT2D eigenvalue weighted by atomic mass is 32.1. The van der Waals surface area contributed by atoms with Gasteiger partial charge in [0, 0.05) is 13.1 Å². The van der Waals surface area contributed by atoms with Crippen LogP contribution in [0.3, 0.4) is 0 Å². The van der Waals surface area contributed by atoms with Crippen molar-refractivity contribution in [2.75, 3.05) is 5.32 Å². The molecule has 2 heterocycles. The smallest absolute Gasteiger partial charge is 0.308 e. The second-order valence-corrected chi connectivity index (χ2v) is 4.88. The Labute approximate surface area is 116 Å². The molecule has 2 aromatic rings. The van der Waals surface area contributed by atoms with Crippen LogP contribution in [0.15, 0.2) is 28.5 Å². The molecule has 2 rings (SSSR count). The monoisotopic (exact) mass is 295 g/mol. The molecule has 20 heavy (non-hydrogen) atoms. The van der Waals surface area contributed by atoms with Crippen molar-refractivity contribution in [3.8, 4) is 0 Å². The summed E-state index contributed by atoms with van der Waals surface area (Å²) in [6.45, 7) is 0.872. The molecule has 0 fully saturated rings. The van der Waals surface area contributed by atoms with Crippen LogP contribution in [-0.4, -0.2) is 21.2 Å². The first-order valence-electron chi connectivity index (χ1n) is 5.58. The van der Waals surface area contributed by atoms with Gasteiger partial charge >= 0.3 is 5.69 Å². The number of nitrogens with zero attached hydrogens (tertiary/aromatic N) is 2. The van der Waals surface area contributed by atoms with Gasteiger partial charge in [-0.2, -0.15) is 4.98 Å².